The summed E-state index contributed by atoms with van der Waals surface area (Å²) in [5.41, 5.74) is 0.950. The third-order valence-corrected chi connectivity index (χ3v) is 8.91. The Bertz CT molecular complexity index is 1010. The van der Waals surface area contributed by atoms with E-state index in [0.717, 1.165) is 44.2 Å². The average molecular weight is 468 g/mol. The maximum atomic E-state index is 13.1. The van der Waals surface area contributed by atoms with E-state index in [1.54, 1.807) is 26.3 Å². The molecule has 2 heterocycles. The van der Waals surface area contributed by atoms with Crippen LogP contribution in [-0.2, 0) is 28.4 Å². The number of halogens is 1. The summed E-state index contributed by atoms with van der Waals surface area (Å²) in [5, 5.41) is 0.266. The van der Waals surface area contributed by atoms with Crippen LogP contribution in [0.5, 0.6) is 0 Å². The first kappa shape index (κ1) is 22.5. The van der Waals surface area contributed by atoms with Gasteiger partial charge in [0.15, 0.2) is 0 Å². The summed E-state index contributed by atoms with van der Waals surface area (Å²) in [7, 11) is 1.65. The first-order chi connectivity index (χ1) is 14.8. The number of hydrogen-bond donors (Lipinski definition) is 0. The Kier molecular flexibility index (Phi) is 6.60. The molecular weight excluding hydrogens is 438 g/mol. The van der Waals surface area contributed by atoms with E-state index in [1.807, 2.05) is 30.1 Å². The fourth-order valence-corrected chi connectivity index (χ4v) is 6.07. The van der Waals surface area contributed by atoms with E-state index in [-0.39, 0.29) is 22.1 Å². The number of hydrogen-bond acceptors (Lipinski definition) is 6. The van der Waals surface area contributed by atoms with Crippen molar-refractivity contribution in [3.8, 4) is 0 Å². The predicted molar refractivity (Wildman–Crippen MR) is 121 cm³/mol. The van der Waals surface area contributed by atoms with E-state index >= 15 is 0 Å². The molecule has 1 aliphatic carbocycles. The molecule has 1 aromatic carbocycles. The molecule has 2 aromatic rings. The van der Waals surface area contributed by atoms with Crippen LogP contribution >= 0.6 is 11.6 Å². The number of methoxy groups -OCH3 is 1. The molecule has 1 aliphatic heterocycles. The minimum Gasteiger partial charge on any atom is -0.381 e. The fourth-order valence-electron chi connectivity index (χ4n) is 4.19. The van der Waals surface area contributed by atoms with Gasteiger partial charge in [-0.2, -0.15) is 4.31 Å². The first-order valence-corrected chi connectivity index (χ1v) is 12.3. The average Bonchev–Trinajstić information content (AvgIpc) is 3.12. The summed E-state index contributed by atoms with van der Waals surface area (Å²) >= 11 is 6.46. The van der Waals surface area contributed by atoms with Gasteiger partial charge in [0, 0.05) is 71.5 Å². The highest BCUT2D eigenvalue weighted by molar-refractivity contribution is 7.89. The number of benzene rings is 1. The summed E-state index contributed by atoms with van der Waals surface area (Å²) in [6.07, 6.45) is 5.34. The molecule has 2 fully saturated rings. The van der Waals surface area contributed by atoms with Crippen molar-refractivity contribution in [1.29, 1.82) is 0 Å². The molecule has 0 unspecified atom stereocenters. The van der Waals surface area contributed by atoms with Crippen molar-refractivity contribution in [2.24, 2.45) is 7.05 Å². The number of rotatable bonds is 7. The molecule has 4 rings (SSSR count). The molecule has 0 spiro atoms. The van der Waals surface area contributed by atoms with Crippen LogP contribution in [0.1, 0.15) is 18.7 Å². The topological polar surface area (TPSA) is 70.9 Å². The number of ether oxygens (including phenoxy) is 1. The van der Waals surface area contributed by atoms with E-state index in [0.29, 0.717) is 12.8 Å². The molecule has 0 bridgehead atoms. The maximum absolute atomic E-state index is 13.1. The largest absolute Gasteiger partial charge is 0.381 e. The number of nitrogens with zero attached hydrogens (tertiary/aromatic N) is 5. The van der Waals surface area contributed by atoms with Crippen LogP contribution in [0.15, 0.2) is 35.5 Å². The first-order valence-electron chi connectivity index (χ1n) is 10.5. The van der Waals surface area contributed by atoms with Gasteiger partial charge in [-0.3, -0.25) is 4.90 Å². The second-order valence-electron chi connectivity index (χ2n) is 8.34. The third-order valence-electron chi connectivity index (χ3n) is 6.51. The molecule has 1 aromatic heterocycles. The Morgan fingerprint density at radius 1 is 1.23 bits per heavy atom. The lowest BCUT2D eigenvalue weighted by atomic mass is 9.89. The minimum absolute atomic E-state index is 0.0440. The van der Waals surface area contributed by atoms with Gasteiger partial charge in [-0.1, -0.05) is 11.6 Å². The Morgan fingerprint density at radius 3 is 2.52 bits per heavy atom. The summed E-state index contributed by atoms with van der Waals surface area (Å²) in [4.78, 5) is 9.18. The van der Waals surface area contributed by atoms with Crippen LogP contribution < -0.4 is 4.90 Å². The van der Waals surface area contributed by atoms with E-state index in [9.17, 15) is 8.42 Å². The van der Waals surface area contributed by atoms with Crippen molar-refractivity contribution in [1.82, 2.24) is 18.8 Å². The zero-order valence-electron chi connectivity index (χ0n) is 18.2. The monoisotopic (exact) mass is 467 g/mol. The van der Waals surface area contributed by atoms with Crippen LogP contribution in [0.3, 0.4) is 0 Å². The quantitative estimate of drug-likeness (QED) is 0.621. The molecule has 170 valence electrons. The lowest BCUT2D eigenvalue weighted by Gasteiger charge is -2.39. The van der Waals surface area contributed by atoms with Crippen LogP contribution in [-0.4, -0.2) is 79.7 Å². The number of anilines is 1. The molecule has 1 saturated heterocycles. The Morgan fingerprint density at radius 2 is 1.94 bits per heavy atom. The van der Waals surface area contributed by atoms with Gasteiger partial charge in [0.2, 0.25) is 10.0 Å². The lowest BCUT2D eigenvalue weighted by Crippen LogP contribution is -2.48. The molecule has 1 saturated carbocycles. The van der Waals surface area contributed by atoms with E-state index < -0.39 is 10.0 Å². The van der Waals surface area contributed by atoms with Gasteiger partial charge in [-0.15, -0.1) is 0 Å². The van der Waals surface area contributed by atoms with Crippen molar-refractivity contribution in [3.05, 3.63) is 41.4 Å². The van der Waals surface area contributed by atoms with Crippen LogP contribution in [0, 0.1) is 0 Å². The van der Waals surface area contributed by atoms with Gasteiger partial charge in [0.1, 0.15) is 10.7 Å². The van der Waals surface area contributed by atoms with Crippen LogP contribution in [0.25, 0.3) is 0 Å². The van der Waals surface area contributed by atoms with Crippen molar-refractivity contribution < 1.29 is 13.2 Å². The number of aromatic nitrogens is 2. The molecule has 0 radical (unpaired) electrons. The molecule has 10 heteroatoms. The number of piperazine rings is 1. The number of imidazole rings is 1. The second-order valence-corrected chi connectivity index (χ2v) is 10.7. The standard InChI is InChI=1S/C21H30ClN5O3S/c1-24-7-6-23-21(24)15-26-8-10-27(11-9-26)16-4-5-20(19(22)14-16)31(28,29)25(2)17-12-18(13-17)30-3/h4-7,14,17-18H,8-13,15H2,1-3H3. The molecule has 0 amide bonds. The lowest BCUT2D eigenvalue weighted by molar-refractivity contribution is 0.000553. The third kappa shape index (κ3) is 4.61. The summed E-state index contributed by atoms with van der Waals surface area (Å²) in [5.74, 6) is 1.05. The Labute approximate surface area is 189 Å². The van der Waals surface area contributed by atoms with E-state index in [2.05, 4.69) is 14.8 Å². The summed E-state index contributed by atoms with van der Waals surface area (Å²) < 4.78 is 34.9. The zero-order chi connectivity index (χ0) is 22.2. The molecular formula is C21H30ClN5O3S. The van der Waals surface area contributed by atoms with Gasteiger partial charge < -0.3 is 14.2 Å². The molecule has 8 nitrogen and oxygen atoms in total. The summed E-state index contributed by atoms with van der Waals surface area (Å²) in [6, 6.07) is 5.23. The van der Waals surface area contributed by atoms with Crippen molar-refractivity contribution in [2.75, 3.05) is 45.2 Å². The molecule has 0 N–H and O–H groups in total. The second kappa shape index (κ2) is 9.07. The normalized spacial score (nSPS) is 22.7. The highest BCUT2D eigenvalue weighted by atomic mass is 35.5. The smallest absolute Gasteiger partial charge is 0.244 e. The maximum Gasteiger partial charge on any atom is 0.244 e. The van der Waals surface area contributed by atoms with Gasteiger partial charge in [0.05, 0.1) is 17.7 Å². The summed E-state index contributed by atoms with van der Waals surface area (Å²) in [6.45, 7) is 4.36. The van der Waals surface area contributed by atoms with E-state index in [4.69, 9.17) is 16.3 Å². The highest BCUT2D eigenvalue weighted by Gasteiger charge is 2.38. The Hall–Kier alpha value is -1.65. The van der Waals surface area contributed by atoms with Gasteiger partial charge in [-0.25, -0.2) is 13.4 Å². The van der Waals surface area contributed by atoms with Gasteiger partial charge in [0.25, 0.3) is 0 Å². The molecule has 31 heavy (non-hydrogen) atoms. The van der Waals surface area contributed by atoms with Crippen molar-refractivity contribution in [2.45, 2.75) is 36.4 Å². The SMILES string of the molecule is COC1CC(N(C)S(=O)(=O)c2ccc(N3CCN(Cc4nccn4C)CC3)cc2Cl)C1. The fraction of sp³-hybridized carbons (Fsp3) is 0.571. The highest BCUT2D eigenvalue weighted by Crippen LogP contribution is 2.34. The number of sulfonamides is 1. The van der Waals surface area contributed by atoms with Gasteiger partial charge in [-0.05, 0) is 31.0 Å². The Balaban J connectivity index is 1.39. The minimum atomic E-state index is -3.64. The van der Waals surface area contributed by atoms with Crippen molar-refractivity contribution in [3.63, 3.8) is 0 Å². The molecule has 2 aliphatic rings. The molecule has 0 atom stereocenters. The van der Waals surface area contributed by atoms with Crippen LogP contribution in [0.2, 0.25) is 5.02 Å². The van der Waals surface area contributed by atoms with E-state index in [1.165, 1.54) is 4.31 Å². The number of aryl methyl sites for hydroxylation is 1. The van der Waals surface area contributed by atoms with Crippen LogP contribution in [0.4, 0.5) is 5.69 Å². The van der Waals surface area contributed by atoms with Gasteiger partial charge >= 0.3 is 0 Å². The predicted octanol–water partition coefficient (Wildman–Crippen LogP) is 2.19. The zero-order valence-corrected chi connectivity index (χ0v) is 19.8. The van der Waals surface area contributed by atoms with Crippen molar-refractivity contribution >= 4 is 27.3 Å².